The number of fused-ring (bicyclic) bond motifs is 2. The van der Waals surface area contributed by atoms with Gasteiger partial charge in [0.05, 0.1) is 0 Å². The topological polar surface area (TPSA) is 78.5 Å². The summed E-state index contributed by atoms with van der Waals surface area (Å²) in [6.45, 7) is 1.38. The van der Waals surface area contributed by atoms with Crippen LogP contribution in [0.2, 0.25) is 0 Å². The molecule has 1 aromatic rings. The summed E-state index contributed by atoms with van der Waals surface area (Å²) in [5.74, 6) is -0.731. The molecule has 0 radical (unpaired) electrons. The van der Waals surface area contributed by atoms with Gasteiger partial charge in [-0.2, -0.15) is 0 Å². The first-order valence-corrected chi connectivity index (χ1v) is 7.68. The maximum atomic E-state index is 12.6. The first-order valence-electron chi connectivity index (χ1n) is 7.68. The second-order valence-electron chi connectivity index (χ2n) is 6.10. The molecular weight excluding hydrogens is 282 g/mol. The molecule has 6 heteroatoms. The van der Waals surface area contributed by atoms with Gasteiger partial charge in [-0.1, -0.05) is 6.07 Å². The van der Waals surface area contributed by atoms with Crippen LogP contribution in [0, 0.1) is 0 Å². The molecule has 1 saturated heterocycles. The Labute approximate surface area is 127 Å². The highest BCUT2D eigenvalue weighted by Gasteiger charge is 2.39. The Morgan fingerprint density at radius 2 is 1.95 bits per heavy atom. The van der Waals surface area contributed by atoms with Gasteiger partial charge in [0.2, 0.25) is 11.8 Å². The fourth-order valence-corrected chi connectivity index (χ4v) is 3.54. The average molecular weight is 299 g/mol. The van der Waals surface area contributed by atoms with Crippen LogP contribution >= 0.6 is 0 Å². The lowest BCUT2D eigenvalue weighted by molar-refractivity contribution is -0.136. The maximum absolute atomic E-state index is 12.6. The summed E-state index contributed by atoms with van der Waals surface area (Å²) in [4.78, 5) is 37.5. The number of aryl methyl sites for hydroxylation is 1. The minimum atomic E-state index is -0.539. The molecule has 3 aliphatic heterocycles. The van der Waals surface area contributed by atoms with Gasteiger partial charge in [-0.25, -0.2) is 0 Å². The van der Waals surface area contributed by atoms with E-state index in [1.165, 1.54) is 5.56 Å². The smallest absolute Gasteiger partial charge is 0.255 e. The van der Waals surface area contributed by atoms with Crippen LogP contribution in [0.25, 0.3) is 0 Å². The SMILES string of the molecule is O=C1CCC(N2Cc3cc4c(cc3C2=O)NCCC4)C(=O)N1. The number of hydrogen-bond donors (Lipinski definition) is 2. The predicted molar refractivity (Wildman–Crippen MR) is 79.3 cm³/mol. The van der Waals surface area contributed by atoms with Gasteiger partial charge in [0.15, 0.2) is 0 Å². The normalized spacial score (nSPS) is 23.7. The molecule has 3 amide bonds. The van der Waals surface area contributed by atoms with Crippen LogP contribution in [0.15, 0.2) is 12.1 Å². The molecule has 1 unspecified atom stereocenters. The number of nitrogens with one attached hydrogen (secondary N) is 2. The molecule has 0 spiro atoms. The molecule has 0 aliphatic carbocycles. The lowest BCUT2D eigenvalue weighted by Crippen LogP contribution is -2.52. The Hall–Kier alpha value is -2.37. The zero-order chi connectivity index (χ0) is 15.3. The molecule has 22 heavy (non-hydrogen) atoms. The monoisotopic (exact) mass is 299 g/mol. The number of piperidine rings is 1. The third kappa shape index (κ3) is 1.98. The van der Waals surface area contributed by atoms with Crippen molar-refractivity contribution in [3.8, 4) is 0 Å². The van der Waals surface area contributed by atoms with Crippen molar-refractivity contribution < 1.29 is 14.4 Å². The molecule has 1 atom stereocenters. The number of anilines is 1. The predicted octanol–water partition coefficient (Wildman–Crippen LogP) is 0.806. The fourth-order valence-electron chi connectivity index (χ4n) is 3.54. The number of hydrogen-bond acceptors (Lipinski definition) is 4. The summed E-state index contributed by atoms with van der Waals surface area (Å²) in [6.07, 6.45) is 2.80. The molecule has 114 valence electrons. The van der Waals surface area contributed by atoms with Crippen molar-refractivity contribution in [2.45, 2.75) is 38.3 Å². The molecule has 1 aromatic carbocycles. The molecule has 3 heterocycles. The van der Waals surface area contributed by atoms with Gasteiger partial charge in [0.1, 0.15) is 6.04 Å². The number of benzene rings is 1. The van der Waals surface area contributed by atoms with E-state index in [4.69, 9.17) is 0 Å². The van der Waals surface area contributed by atoms with Crippen LogP contribution in [-0.2, 0) is 22.6 Å². The zero-order valence-electron chi connectivity index (χ0n) is 12.1. The van der Waals surface area contributed by atoms with Crippen LogP contribution in [0.3, 0.4) is 0 Å². The minimum Gasteiger partial charge on any atom is -0.385 e. The van der Waals surface area contributed by atoms with Gasteiger partial charge >= 0.3 is 0 Å². The Balaban J connectivity index is 1.64. The molecule has 0 saturated carbocycles. The highest BCUT2D eigenvalue weighted by molar-refractivity contribution is 6.05. The summed E-state index contributed by atoms with van der Waals surface area (Å²) in [7, 11) is 0. The number of amides is 3. The average Bonchev–Trinajstić information content (AvgIpc) is 2.82. The molecule has 0 aromatic heterocycles. The van der Waals surface area contributed by atoms with E-state index >= 15 is 0 Å². The first-order chi connectivity index (χ1) is 10.6. The van der Waals surface area contributed by atoms with Gasteiger partial charge in [0.25, 0.3) is 5.91 Å². The lowest BCUT2D eigenvalue weighted by Gasteiger charge is -2.29. The van der Waals surface area contributed by atoms with Gasteiger partial charge < -0.3 is 10.2 Å². The quantitative estimate of drug-likeness (QED) is 0.752. The lowest BCUT2D eigenvalue weighted by atomic mass is 9.98. The van der Waals surface area contributed by atoms with E-state index in [0.29, 0.717) is 18.5 Å². The number of nitrogens with zero attached hydrogens (tertiary/aromatic N) is 1. The van der Waals surface area contributed by atoms with E-state index in [0.717, 1.165) is 30.6 Å². The largest absolute Gasteiger partial charge is 0.385 e. The Morgan fingerprint density at radius 3 is 2.77 bits per heavy atom. The van der Waals surface area contributed by atoms with Crippen molar-refractivity contribution in [2.24, 2.45) is 0 Å². The summed E-state index contributed by atoms with van der Waals surface area (Å²) in [5, 5.41) is 5.65. The Bertz CT molecular complexity index is 698. The van der Waals surface area contributed by atoms with E-state index in [2.05, 4.69) is 16.7 Å². The van der Waals surface area contributed by atoms with Gasteiger partial charge in [-0.3, -0.25) is 19.7 Å². The molecular formula is C16H17N3O3. The Morgan fingerprint density at radius 1 is 1.09 bits per heavy atom. The van der Waals surface area contributed by atoms with Crippen LogP contribution in [0.4, 0.5) is 5.69 Å². The maximum Gasteiger partial charge on any atom is 0.255 e. The van der Waals surface area contributed by atoms with Crippen molar-refractivity contribution in [3.05, 3.63) is 28.8 Å². The summed E-state index contributed by atoms with van der Waals surface area (Å²) >= 11 is 0. The van der Waals surface area contributed by atoms with Gasteiger partial charge in [-0.15, -0.1) is 0 Å². The summed E-state index contributed by atoms with van der Waals surface area (Å²) < 4.78 is 0. The number of rotatable bonds is 1. The summed E-state index contributed by atoms with van der Waals surface area (Å²) in [6, 6.07) is 3.46. The van der Waals surface area contributed by atoms with E-state index in [1.54, 1.807) is 4.90 Å². The van der Waals surface area contributed by atoms with E-state index in [-0.39, 0.29) is 24.1 Å². The molecule has 2 N–H and O–H groups in total. The van der Waals surface area contributed by atoms with E-state index in [1.807, 2.05) is 6.07 Å². The third-order valence-corrected chi connectivity index (χ3v) is 4.69. The van der Waals surface area contributed by atoms with Crippen molar-refractivity contribution in [3.63, 3.8) is 0 Å². The first kappa shape index (κ1) is 13.3. The van der Waals surface area contributed by atoms with Crippen LogP contribution in [0.5, 0.6) is 0 Å². The highest BCUT2D eigenvalue weighted by Crippen LogP contribution is 2.33. The van der Waals surface area contributed by atoms with Crippen molar-refractivity contribution in [1.29, 1.82) is 0 Å². The van der Waals surface area contributed by atoms with Gasteiger partial charge in [-0.05, 0) is 36.5 Å². The van der Waals surface area contributed by atoms with Crippen molar-refractivity contribution in [2.75, 3.05) is 11.9 Å². The summed E-state index contributed by atoms with van der Waals surface area (Å²) in [5.41, 5.74) is 3.93. The zero-order valence-corrected chi connectivity index (χ0v) is 12.1. The third-order valence-electron chi connectivity index (χ3n) is 4.69. The van der Waals surface area contributed by atoms with Crippen molar-refractivity contribution in [1.82, 2.24) is 10.2 Å². The number of carbonyl (C=O) groups excluding carboxylic acids is 3. The fraction of sp³-hybridized carbons (Fsp3) is 0.438. The standard InChI is InChI=1S/C16H17N3O3/c20-14-4-3-13(15(21)18-14)19-8-10-6-9-2-1-5-17-12(9)7-11(10)16(19)22/h6-7,13,17H,1-5,8H2,(H,18,20,21). The number of carbonyl (C=O) groups is 3. The molecule has 3 aliphatic rings. The molecule has 1 fully saturated rings. The van der Waals surface area contributed by atoms with E-state index < -0.39 is 6.04 Å². The molecule has 6 nitrogen and oxygen atoms in total. The highest BCUT2D eigenvalue weighted by atomic mass is 16.2. The second-order valence-corrected chi connectivity index (χ2v) is 6.10. The Kier molecular flexibility index (Phi) is 2.92. The molecule has 0 bridgehead atoms. The number of imide groups is 1. The van der Waals surface area contributed by atoms with Crippen LogP contribution < -0.4 is 10.6 Å². The van der Waals surface area contributed by atoms with E-state index in [9.17, 15) is 14.4 Å². The van der Waals surface area contributed by atoms with Gasteiger partial charge in [0, 0.05) is 30.8 Å². The van der Waals surface area contributed by atoms with Crippen molar-refractivity contribution >= 4 is 23.4 Å². The van der Waals surface area contributed by atoms with Crippen LogP contribution in [0.1, 0.15) is 40.7 Å². The molecule has 4 rings (SSSR count). The minimum absolute atomic E-state index is 0.111. The second kappa shape index (κ2) is 4.83. The van der Waals surface area contributed by atoms with Crippen LogP contribution in [-0.4, -0.2) is 35.2 Å².